The Morgan fingerprint density at radius 2 is 1.79 bits per heavy atom. The number of halogens is 1. The topological polar surface area (TPSA) is 26.3 Å². The first kappa shape index (κ1) is 18.7. The van der Waals surface area contributed by atoms with E-state index < -0.39 is 0 Å². The molecule has 1 rings (SSSR count). The minimum atomic E-state index is 0. The molecule has 114 valence electrons. The second kappa shape index (κ2) is 9.60. The van der Waals surface area contributed by atoms with Crippen molar-refractivity contribution in [2.24, 2.45) is 0 Å². The van der Waals surface area contributed by atoms with Crippen LogP contribution in [0.1, 0.15) is 58.3 Å². The zero-order valence-electron chi connectivity index (χ0n) is 12.8. The van der Waals surface area contributed by atoms with Crippen LogP contribution in [0.25, 0.3) is 0 Å². The summed E-state index contributed by atoms with van der Waals surface area (Å²) in [5.74, 6) is 0.0195. The Labute approximate surface area is 124 Å². The molecule has 1 aliphatic heterocycles. The van der Waals surface area contributed by atoms with E-state index in [-0.39, 0.29) is 24.4 Å². The number of quaternary nitrogens is 1. The van der Waals surface area contributed by atoms with E-state index in [1.807, 2.05) is 0 Å². The van der Waals surface area contributed by atoms with Crippen LogP contribution < -0.4 is 12.4 Å². The van der Waals surface area contributed by atoms with Gasteiger partial charge >= 0.3 is 5.97 Å². The first-order valence-electron chi connectivity index (χ1n) is 7.57. The van der Waals surface area contributed by atoms with Gasteiger partial charge in [0, 0.05) is 12.8 Å². The Morgan fingerprint density at radius 1 is 1.16 bits per heavy atom. The standard InChI is InChI=1S/C15H30NO2.ClH/c1-4-5-6-7-8-9-13-18-15(17)14-11-10-12-16(14,2)3;/h14H,4-13H2,1-3H3;1H/q+1;/p-1. The number of hydrogen-bond donors (Lipinski definition) is 0. The number of carbonyl (C=O) groups excluding carboxylic acids is 1. The van der Waals surface area contributed by atoms with Gasteiger partial charge in [-0.3, -0.25) is 0 Å². The van der Waals surface area contributed by atoms with Crippen molar-refractivity contribution in [1.29, 1.82) is 0 Å². The summed E-state index contributed by atoms with van der Waals surface area (Å²) in [6.07, 6.45) is 9.54. The molecule has 0 aromatic carbocycles. The van der Waals surface area contributed by atoms with Gasteiger partial charge < -0.3 is 21.6 Å². The number of carbonyl (C=O) groups is 1. The average molecular weight is 292 g/mol. The molecular formula is C15H30ClNO2. The number of hydrogen-bond acceptors (Lipinski definition) is 2. The molecule has 0 spiro atoms. The van der Waals surface area contributed by atoms with Gasteiger partial charge in [-0.1, -0.05) is 39.0 Å². The predicted octanol–water partition coefficient (Wildman–Crippen LogP) is 0.133. The number of unbranched alkanes of at least 4 members (excludes halogenated alkanes) is 5. The Bertz CT molecular complexity index is 257. The van der Waals surface area contributed by atoms with E-state index in [4.69, 9.17) is 4.74 Å². The lowest BCUT2D eigenvalue weighted by molar-refractivity contribution is -0.893. The van der Waals surface area contributed by atoms with Gasteiger partial charge in [0.05, 0.1) is 27.2 Å². The molecule has 1 aliphatic rings. The van der Waals surface area contributed by atoms with Crippen LogP contribution in [0.15, 0.2) is 0 Å². The minimum Gasteiger partial charge on any atom is -1.00 e. The van der Waals surface area contributed by atoms with E-state index in [9.17, 15) is 4.79 Å². The Morgan fingerprint density at radius 3 is 2.37 bits per heavy atom. The van der Waals surface area contributed by atoms with Crippen LogP contribution >= 0.6 is 0 Å². The maximum Gasteiger partial charge on any atom is 0.364 e. The summed E-state index contributed by atoms with van der Waals surface area (Å²) in [5, 5.41) is 0. The first-order valence-corrected chi connectivity index (χ1v) is 7.57. The van der Waals surface area contributed by atoms with Gasteiger partial charge in [-0.15, -0.1) is 0 Å². The van der Waals surface area contributed by atoms with Crippen molar-refractivity contribution in [1.82, 2.24) is 0 Å². The zero-order chi connectivity index (χ0) is 13.4. The molecule has 4 heteroatoms. The summed E-state index contributed by atoms with van der Waals surface area (Å²) in [7, 11) is 4.26. The van der Waals surface area contributed by atoms with E-state index >= 15 is 0 Å². The highest BCUT2D eigenvalue weighted by Gasteiger charge is 2.40. The summed E-state index contributed by atoms with van der Waals surface area (Å²) < 4.78 is 6.21. The van der Waals surface area contributed by atoms with Crippen molar-refractivity contribution in [3.8, 4) is 0 Å². The third-order valence-corrected chi connectivity index (χ3v) is 4.07. The summed E-state index contributed by atoms with van der Waals surface area (Å²) in [5.41, 5.74) is 0. The molecule has 0 amide bonds. The monoisotopic (exact) mass is 291 g/mol. The smallest absolute Gasteiger partial charge is 0.364 e. The fourth-order valence-electron chi connectivity index (χ4n) is 2.75. The van der Waals surface area contributed by atoms with Crippen LogP contribution in [0.3, 0.4) is 0 Å². The van der Waals surface area contributed by atoms with Crippen molar-refractivity contribution < 1.29 is 26.4 Å². The summed E-state index contributed by atoms with van der Waals surface area (Å²) >= 11 is 0. The van der Waals surface area contributed by atoms with Gasteiger partial charge in [-0.25, -0.2) is 4.79 Å². The van der Waals surface area contributed by atoms with Crippen molar-refractivity contribution in [2.75, 3.05) is 27.2 Å². The fourth-order valence-corrected chi connectivity index (χ4v) is 2.75. The summed E-state index contributed by atoms with van der Waals surface area (Å²) in [4.78, 5) is 12.0. The van der Waals surface area contributed by atoms with Crippen LogP contribution in [0.4, 0.5) is 0 Å². The second-order valence-corrected chi connectivity index (χ2v) is 6.10. The minimum absolute atomic E-state index is 0. The Kier molecular flexibility index (Phi) is 9.46. The molecule has 0 radical (unpaired) electrons. The molecule has 3 nitrogen and oxygen atoms in total. The highest BCUT2D eigenvalue weighted by molar-refractivity contribution is 5.74. The van der Waals surface area contributed by atoms with Crippen LogP contribution in [-0.2, 0) is 9.53 Å². The van der Waals surface area contributed by atoms with E-state index in [1.54, 1.807) is 0 Å². The molecule has 0 aromatic heterocycles. The number of esters is 1. The summed E-state index contributed by atoms with van der Waals surface area (Å²) in [6.45, 7) is 3.93. The number of likely N-dealkylation sites (N-methyl/N-ethyl adjacent to an activating group) is 1. The van der Waals surface area contributed by atoms with E-state index in [0.29, 0.717) is 6.61 Å². The van der Waals surface area contributed by atoms with Crippen LogP contribution in [0, 0.1) is 0 Å². The number of ether oxygens (including phenoxy) is 1. The SMILES string of the molecule is CCCCCCCCOC(=O)C1CCC[N+]1(C)C.[Cl-]. The van der Waals surface area contributed by atoms with E-state index in [1.165, 1.54) is 32.1 Å². The maximum absolute atomic E-state index is 12.0. The average Bonchev–Trinajstić information content (AvgIpc) is 2.67. The van der Waals surface area contributed by atoms with Crippen LogP contribution in [0.2, 0.25) is 0 Å². The van der Waals surface area contributed by atoms with Gasteiger partial charge in [-0.2, -0.15) is 0 Å². The van der Waals surface area contributed by atoms with Crippen molar-refractivity contribution in [2.45, 2.75) is 64.3 Å². The van der Waals surface area contributed by atoms with Crippen LogP contribution in [-0.4, -0.2) is 43.7 Å². The largest absolute Gasteiger partial charge is 1.00 e. The van der Waals surface area contributed by atoms with Gasteiger partial charge in [0.2, 0.25) is 0 Å². The Hall–Kier alpha value is -0.280. The van der Waals surface area contributed by atoms with Crippen LogP contribution in [0.5, 0.6) is 0 Å². The quantitative estimate of drug-likeness (QED) is 0.361. The molecule has 1 fully saturated rings. The zero-order valence-corrected chi connectivity index (χ0v) is 13.5. The van der Waals surface area contributed by atoms with E-state index in [0.717, 1.165) is 30.3 Å². The highest BCUT2D eigenvalue weighted by Crippen LogP contribution is 2.23. The molecule has 1 unspecified atom stereocenters. The van der Waals surface area contributed by atoms with E-state index in [2.05, 4.69) is 21.0 Å². The molecule has 0 aliphatic carbocycles. The fraction of sp³-hybridized carbons (Fsp3) is 0.933. The van der Waals surface area contributed by atoms with Crippen molar-refractivity contribution in [3.05, 3.63) is 0 Å². The van der Waals surface area contributed by atoms with Gasteiger partial charge in [0.25, 0.3) is 0 Å². The Balaban J connectivity index is 0.00000324. The molecule has 0 N–H and O–H groups in total. The van der Waals surface area contributed by atoms with Crippen molar-refractivity contribution in [3.63, 3.8) is 0 Å². The van der Waals surface area contributed by atoms with Gasteiger partial charge in [0.15, 0.2) is 6.04 Å². The summed E-state index contributed by atoms with van der Waals surface area (Å²) in [6, 6.07) is 0.0742. The molecule has 0 bridgehead atoms. The lowest BCUT2D eigenvalue weighted by Gasteiger charge is -2.29. The third-order valence-electron chi connectivity index (χ3n) is 4.07. The third kappa shape index (κ3) is 6.62. The molecule has 1 atom stereocenters. The number of nitrogens with zero attached hydrogens (tertiary/aromatic N) is 1. The predicted molar refractivity (Wildman–Crippen MR) is 74.3 cm³/mol. The number of likely N-dealkylation sites (tertiary alicyclic amines) is 1. The molecule has 19 heavy (non-hydrogen) atoms. The molecule has 1 heterocycles. The molecule has 1 saturated heterocycles. The highest BCUT2D eigenvalue weighted by atomic mass is 35.5. The molecule has 0 saturated carbocycles. The normalized spacial score (nSPS) is 20.9. The number of rotatable bonds is 8. The lowest BCUT2D eigenvalue weighted by atomic mass is 10.1. The maximum atomic E-state index is 12.0. The second-order valence-electron chi connectivity index (χ2n) is 6.10. The van der Waals surface area contributed by atoms with Gasteiger partial charge in [-0.05, 0) is 6.42 Å². The van der Waals surface area contributed by atoms with Gasteiger partial charge in [0.1, 0.15) is 0 Å². The first-order chi connectivity index (χ1) is 8.58. The molecular weight excluding hydrogens is 262 g/mol. The van der Waals surface area contributed by atoms with Crippen molar-refractivity contribution >= 4 is 5.97 Å². The lowest BCUT2D eigenvalue weighted by Crippen LogP contribution is -3.00. The molecule has 0 aromatic rings.